The van der Waals surface area contributed by atoms with E-state index in [1.165, 1.54) is 6.20 Å². The first-order valence-corrected chi connectivity index (χ1v) is 5.97. The Bertz CT molecular complexity index is 577. The summed E-state index contributed by atoms with van der Waals surface area (Å²) in [4.78, 5) is 16.1. The molecule has 0 bridgehead atoms. The predicted molar refractivity (Wildman–Crippen MR) is 68.3 cm³/mol. The van der Waals surface area contributed by atoms with Crippen LogP contribution in [0.15, 0.2) is 18.5 Å². The molecule has 0 fully saturated rings. The van der Waals surface area contributed by atoms with Crippen molar-refractivity contribution in [1.29, 1.82) is 0 Å². The third-order valence-corrected chi connectivity index (χ3v) is 2.93. The second-order valence-corrected chi connectivity index (χ2v) is 4.70. The molecule has 2 heterocycles. The maximum atomic E-state index is 12.0. The van der Waals surface area contributed by atoms with Crippen LogP contribution in [-0.4, -0.2) is 30.9 Å². The standard InChI is InChI=1S/C12H13ClN4O/c1-7-6-10(11(18)8(2)13)9(3)17(7)12-14-4-5-15-16-12/h4-6,8H,1-3H3. The maximum absolute atomic E-state index is 12.0. The van der Waals surface area contributed by atoms with Crippen molar-refractivity contribution in [2.45, 2.75) is 26.1 Å². The van der Waals surface area contributed by atoms with Gasteiger partial charge < -0.3 is 0 Å². The average Bonchev–Trinajstić information content (AvgIpc) is 2.65. The van der Waals surface area contributed by atoms with Crippen molar-refractivity contribution in [2.24, 2.45) is 0 Å². The number of aryl methyl sites for hydroxylation is 1. The number of hydrogen-bond acceptors (Lipinski definition) is 4. The highest BCUT2D eigenvalue weighted by molar-refractivity contribution is 6.33. The van der Waals surface area contributed by atoms with Crippen molar-refractivity contribution in [3.8, 4) is 5.95 Å². The first-order chi connectivity index (χ1) is 8.52. The predicted octanol–water partition coefficient (Wildman–Crippen LogP) is 2.09. The van der Waals surface area contributed by atoms with E-state index in [2.05, 4.69) is 15.2 Å². The quantitative estimate of drug-likeness (QED) is 0.629. The average molecular weight is 265 g/mol. The van der Waals surface area contributed by atoms with Crippen molar-refractivity contribution in [1.82, 2.24) is 19.7 Å². The van der Waals surface area contributed by atoms with Gasteiger partial charge in [0.1, 0.15) is 0 Å². The lowest BCUT2D eigenvalue weighted by Gasteiger charge is -2.06. The highest BCUT2D eigenvalue weighted by atomic mass is 35.5. The molecule has 1 unspecified atom stereocenters. The zero-order chi connectivity index (χ0) is 13.3. The molecule has 0 aliphatic heterocycles. The lowest BCUT2D eigenvalue weighted by atomic mass is 10.1. The third-order valence-electron chi connectivity index (χ3n) is 2.73. The van der Waals surface area contributed by atoms with Crippen LogP contribution < -0.4 is 0 Å². The maximum Gasteiger partial charge on any atom is 0.253 e. The van der Waals surface area contributed by atoms with Gasteiger partial charge in [0.2, 0.25) is 0 Å². The van der Waals surface area contributed by atoms with E-state index >= 15 is 0 Å². The van der Waals surface area contributed by atoms with Crippen LogP contribution in [0, 0.1) is 13.8 Å². The van der Waals surface area contributed by atoms with E-state index < -0.39 is 5.38 Å². The molecule has 5 nitrogen and oxygen atoms in total. The lowest BCUT2D eigenvalue weighted by Crippen LogP contribution is -2.12. The Morgan fingerprint density at radius 1 is 1.39 bits per heavy atom. The fourth-order valence-corrected chi connectivity index (χ4v) is 1.99. The van der Waals surface area contributed by atoms with Crippen LogP contribution in [-0.2, 0) is 0 Å². The van der Waals surface area contributed by atoms with Gasteiger partial charge in [-0.15, -0.1) is 16.7 Å². The van der Waals surface area contributed by atoms with E-state index in [-0.39, 0.29) is 5.78 Å². The minimum Gasteiger partial charge on any atom is -0.292 e. The Morgan fingerprint density at radius 2 is 2.11 bits per heavy atom. The number of rotatable bonds is 3. The van der Waals surface area contributed by atoms with Gasteiger partial charge in [0.05, 0.1) is 17.8 Å². The number of alkyl halides is 1. The summed E-state index contributed by atoms with van der Waals surface area (Å²) in [6, 6.07) is 1.80. The highest BCUT2D eigenvalue weighted by Gasteiger charge is 2.20. The van der Waals surface area contributed by atoms with Gasteiger partial charge >= 0.3 is 0 Å². The number of carbonyl (C=O) groups is 1. The Balaban J connectivity index is 2.55. The fourth-order valence-electron chi connectivity index (χ4n) is 1.88. The molecule has 18 heavy (non-hydrogen) atoms. The Labute approximate surface area is 110 Å². The minimum atomic E-state index is -0.547. The van der Waals surface area contributed by atoms with Crippen LogP contribution in [0.2, 0.25) is 0 Å². The largest absolute Gasteiger partial charge is 0.292 e. The number of nitrogens with zero attached hydrogens (tertiary/aromatic N) is 4. The molecule has 0 N–H and O–H groups in total. The summed E-state index contributed by atoms with van der Waals surface area (Å²) in [5.41, 5.74) is 2.25. The van der Waals surface area contributed by atoms with Gasteiger partial charge in [0, 0.05) is 17.0 Å². The summed E-state index contributed by atoms with van der Waals surface area (Å²) in [7, 11) is 0. The number of aromatic nitrogens is 4. The number of halogens is 1. The molecule has 0 amide bonds. The van der Waals surface area contributed by atoms with E-state index in [1.807, 2.05) is 13.8 Å². The lowest BCUT2D eigenvalue weighted by molar-refractivity contribution is 0.0991. The summed E-state index contributed by atoms with van der Waals surface area (Å²) >= 11 is 5.84. The fraction of sp³-hybridized carbons (Fsp3) is 0.333. The second kappa shape index (κ2) is 4.86. The molecule has 2 aromatic rings. The van der Waals surface area contributed by atoms with Gasteiger partial charge in [0.25, 0.3) is 5.95 Å². The summed E-state index contributed by atoms with van der Waals surface area (Å²) in [6.07, 6.45) is 3.07. The van der Waals surface area contributed by atoms with Crippen molar-refractivity contribution in [3.63, 3.8) is 0 Å². The Morgan fingerprint density at radius 3 is 2.67 bits per heavy atom. The molecule has 6 heteroatoms. The molecular weight excluding hydrogens is 252 g/mol. The molecular formula is C12H13ClN4O. The molecule has 94 valence electrons. The van der Waals surface area contributed by atoms with Crippen LogP contribution in [0.4, 0.5) is 0 Å². The highest BCUT2D eigenvalue weighted by Crippen LogP contribution is 2.20. The molecule has 1 atom stereocenters. The molecule has 0 radical (unpaired) electrons. The zero-order valence-electron chi connectivity index (χ0n) is 10.4. The van der Waals surface area contributed by atoms with E-state index in [4.69, 9.17) is 11.6 Å². The van der Waals surface area contributed by atoms with E-state index in [9.17, 15) is 4.79 Å². The minimum absolute atomic E-state index is 0.0973. The molecule has 0 aromatic carbocycles. The van der Waals surface area contributed by atoms with Crippen LogP contribution in [0.3, 0.4) is 0 Å². The molecule has 2 aromatic heterocycles. The summed E-state index contributed by atoms with van der Waals surface area (Å²) in [5.74, 6) is 0.355. The first-order valence-electron chi connectivity index (χ1n) is 5.53. The van der Waals surface area contributed by atoms with Gasteiger partial charge in [-0.3, -0.25) is 9.36 Å². The third kappa shape index (κ3) is 2.13. The van der Waals surface area contributed by atoms with Gasteiger partial charge in [-0.2, -0.15) is 5.10 Å². The smallest absolute Gasteiger partial charge is 0.253 e. The molecule has 2 rings (SSSR count). The first kappa shape index (κ1) is 12.7. The summed E-state index contributed by atoms with van der Waals surface area (Å²) < 4.78 is 1.79. The molecule has 0 aliphatic carbocycles. The Hall–Kier alpha value is -1.75. The molecule has 0 spiro atoms. The Kier molecular flexibility index (Phi) is 3.43. The van der Waals surface area contributed by atoms with E-state index in [1.54, 1.807) is 23.8 Å². The van der Waals surface area contributed by atoms with Crippen molar-refractivity contribution >= 4 is 17.4 Å². The topological polar surface area (TPSA) is 60.7 Å². The van der Waals surface area contributed by atoms with Crippen LogP contribution in [0.25, 0.3) is 5.95 Å². The van der Waals surface area contributed by atoms with E-state index in [0.29, 0.717) is 11.5 Å². The molecule has 0 saturated carbocycles. The van der Waals surface area contributed by atoms with Crippen LogP contribution >= 0.6 is 11.6 Å². The number of ketones is 1. The zero-order valence-corrected chi connectivity index (χ0v) is 11.1. The summed E-state index contributed by atoms with van der Waals surface area (Å²) in [6.45, 7) is 5.39. The van der Waals surface area contributed by atoms with Gasteiger partial charge in [-0.05, 0) is 26.8 Å². The summed E-state index contributed by atoms with van der Waals surface area (Å²) in [5, 5.41) is 7.19. The van der Waals surface area contributed by atoms with Gasteiger partial charge in [-0.1, -0.05) is 0 Å². The number of carbonyl (C=O) groups excluding carboxylic acids is 1. The van der Waals surface area contributed by atoms with E-state index in [0.717, 1.165) is 11.4 Å². The SMILES string of the molecule is Cc1cc(C(=O)C(C)Cl)c(C)n1-c1nccnn1. The van der Waals surface area contributed by atoms with Crippen molar-refractivity contribution in [2.75, 3.05) is 0 Å². The normalized spacial score (nSPS) is 12.4. The number of hydrogen-bond donors (Lipinski definition) is 0. The molecule has 0 saturated heterocycles. The number of Topliss-reactive ketones (excluding diaryl/α,β-unsaturated/α-hetero) is 1. The molecule has 0 aliphatic rings. The van der Waals surface area contributed by atoms with Gasteiger partial charge in [0.15, 0.2) is 5.78 Å². The van der Waals surface area contributed by atoms with Crippen molar-refractivity contribution in [3.05, 3.63) is 35.4 Å². The monoisotopic (exact) mass is 264 g/mol. The van der Waals surface area contributed by atoms with Gasteiger partial charge in [-0.25, -0.2) is 4.98 Å². The second-order valence-electron chi connectivity index (χ2n) is 4.04. The van der Waals surface area contributed by atoms with Crippen molar-refractivity contribution < 1.29 is 4.79 Å². The van der Waals surface area contributed by atoms with Crippen LogP contribution in [0.1, 0.15) is 28.7 Å². The van der Waals surface area contributed by atoms with Crippen LogP contribution in [0.5, 0.6) is 0 Å².